The molecule has 1 aromatic rings. The van der Waals surface area contributed by atoms with Gasteiger partial charge in [0.05, 0.1) is 12.2 Å². The zero-order valence-corrected chi connectivity index (χ0v) is 19.8. The highest BCUT2D eigenvalue weighted by Gasteiger charge is 2.32. The molecule has 3 aliphatic rings. The van der Waals surface area contributed by atoms with Crippen LogP contribution in [0.25, 0.3) is 0 Å². The van der Waals surface area contributed by atoms with Crippen molar-refractivity contribution in [1.29, 1.82) is 0 Å². The van der Waals surface area contributed by atoms with E-state index in [0.29, 0.717) is 43.5 Å². The highest BCUT2D eigenvalue weighted by atomic mass is 19.1. The van der Waals surface area contributed by atoms with Gasteiger partial charge >= 0.3 is 6.09 Å². The van der Waals surface area contributed by atoms with Gasteiger partial charge in [-0.15, -0.1) is 5.11 Å². The Kier molecular flexibility index (Phi) is 6.67. The highest BCUT2D eigenvalue weighted by Crippen LogP contribution is 2.27. The first kappa shape index (κ1) is 23.8. The van der Waals surface area contributed by atoms with E-state index in [9.17, 15) is 18.8 Å². The van der Waals surface area contributed by atoms with Crippen molar-refractivity contribution in [1.82, 2.24) is 15.1 Å². The third kappa shape index (κ3) is 5.26. The SMILES string of the molecule is CC(C)(C)OC(=O)N1CCCN(C(=O)c2cc(CC3N=NC(=O)C4=C3NCCC4)ccc2F)C1. The summed E-state index contributed by atoms with van der Waals surface area (Å²) in [6.07, 6.45) is 1.98. The molecule has 1 saturated heterocycles. The van der Waals surface area contributed by atoms with Gasteiger partial charge < -0.3 is 15.0 Å². The van der Waals surface area contributed by atoms with E-state index in [1.165, 1.54) is 21.9 Å². The van der Waals surface area contributed by atoms with Crippen LogP contribution in [0, 0.1) is 5.82 Å². The van der Waals surface area contributed by atoms with Crippen molar-refractivity contribution in [3.8, 4) is 0 Å². The number of ether oxygens (including phenoxy) is 1. The van der Waals surface area contributed by atoms with E-state index in [1.807, 2.05) is 0 Å². The largest absolute Gasteiger partial charge is 0.444 e. The van der Waals surface area contributed by atoms with Gasteiger partial charge in [0.25, 0.3) is 11.8 Å². The van der Waals surface area contributed by atoms with Crippen LogP contribution in [-0.2, 0) is 16.0 Å². The molecular formula is C24H30FN5O4. The molecule has 1 atom stereocenters. The van der Waals surface area contributed by atoms with Crippen LogP contribution < -0.4 is 5.32 Å². The van der Waals surface area contributed by atoms with Crippen LogP contribution in [0.15, 0.2) is 39.7 Å². The number of carbonyl (C=O) groups excluding carboxylic acids is 3. The number of rotatable bonds is 3. The first-order chi connectivity index (χ1) is 16.1. The summed E-state index contributed by atoms with van der Waals surface area (Å²) >= 11 is 0. The number of hydrogen-bond donors (Lipinski definition) is 1. The molecule has 0 radical (unpaired) electrons. The molecule has 3 amide bonds. The Hall–Kier alpha value is -3.30. The molecule has 0 bridgehead atoms. The average Bonchev–Trinajstić information content (AvgIpc) is 2.81. The zero-order chi connectivity index (χ0) is 24.5. The van der Waals surface area contributed by atoms with E-state index >= 15 is 0 Å². The predicted molar refractivity (Wildman–Crippen MR) is 121 cm³/mol. The number of benzene rings is 1. The maximum Gasteiger partial charge on any atom is 0.411 e. The lowest BCUT2D eigenvalue weighted by Crippen LogP contribution is -2.51. The van der Waals surface area contributed by atoms with Crippen molar-refractivity contribution >= 4 is 17.9 Å². The van der Waals surface area contributed by atoms with Gasteiger partial charge in [-0.3, -0.25) is 14.5 Å². The second-order valence-corrected chi connectivity index (χ2v) is 9.78. The first-order valence-electron chi connectivity index (χ1n) is 11.6. The molecule has 1 aromatic carbocycles. The molecule has 10 heteroatoms. The summed E-state index contributed by atoms with van der Waals surface area (Å²) in [5.41, 5.74) is 1.43. The van der Waals surface area contributed by atoms with Crippen molar-refractivity contribution in [3.63, 3.8) is 0 Å². The van der Waals surface area contributed by atoms with Crippen molar-refractivity contribution in [2.24, 2.45) is 10.2 Å². The minimum absolute atomic E-state index is 0.0382. The number of nitrogens with one attached hydrogen (secondary N) is 1. The minimum Gasteiger partial charge on any atom is -0.444 e. The van der Waals surface area contributed by atoms with Crippen LogP contribution in [0.2, 0.25) is 0 Å². The van der Waals surface area contributed by atoms with Gasteiger partial charge in [-0.05, 0) is 57.7 Å². The second kappa shape index (κ2) is 9.52. The lowest BCUT2D eigenvalue weighted by Gasteiger charge is -2.36. The number of nitrogens with zero attached hydrogens (tertiary/aromatic N) is 4. The molecule has 3 aliphatic heterocycles. The predicted octanol–water partition coefficient (Wildman–Crippen LogP) is 3.41. The smallest absolute Gasteiger partial charge is 0.411 e. The first-order valence-corrected chi connectivity index (χ1v) is 11.6. The van der Waals surface area contributed by atoms with E-state index < -0.39 is 23.4 Å². The summed E-state index contributed by atoms with van der Waals surface area (Å²) in [6, 6.07) is 4.04. The van der Waals surface area contributed by atoms with Crippen LogP contribution in [0.4, 0.5) is 9.18 Å². The van der Waals surface area contributed by atoms with Crippen LogP contribution in [-0.4, -0.2) is 65.7 Å². The maximum absolute atomic E-state index is 14.7. The van der Waals surface area contributed by atoms with Gasteiger partial charge in [0.1, 0.15) is 17.5 Å². The standard InChI is InChI=1S/C24H30FN5O4/c1-24(2,3)34-23(33)30-11-5-10-29(14-30)22(32)17-12-15(7-8-18(17)25)13-19-20-16(6-4-9-26-20)21(31)28-27-19/h7-8,12,19,26H,4-6,9-11,13-14H2,1-3H3. The second-order valence-electron chi connectivity index (χ2n) is 9.78. The number of amides is 3. The van der Waals surface area contributed by atoms with Crippen molar-refractivity contribution in [2.45, 2.75) is 58.1 Å². The molecule has 9 nitrogen and oxygen atoms in total. The van der Waals surface area contributed by atoms with Crippen LogP contribution >= 0.6 is 0 Å². The topological polar surface area (TPSA) is 104 Å². The van der Waals surface area contributed by atoms with Gasteiger partial charge in [-0.2, -0.15) is 5.11 Å². The quantitative estimate of drug-likeness (QED) is 0.728. The molecule has 0 aliphatic carbocycles. The molecule has 34 heavy (non-hydrogen) atoms. The molecule has 1 fully saturated rings. The van der Waals surface area contributed by atoms with E-state index in [1.54, 1.807) is 26.8 Å². The van der Waals surface area contributed by atoms with E-state index in [2.05, 4.69) is 15.5 Å². The van der Waals surface area contributed by atoms with Crippen LogP contribution in [0.5, 0.6) is 0 Å². The fraction of sp³-hybridized carbons (Fsp3) is 0.542. The highest BCUT2D eigenvalue weighted by molar-refractivity contribution is 5.96. The molecule has 0 aromatic heterocycles. The normalized spacial score (nSPS) is 20.7. The van der Waals surface area contributed by atoms with Crippen molar-refractivity contribution < 1.29 is 23.5 Å². The number of hydrogen-bond acceptors (Lipinski definition) is 6. The van der Waals surface area contributed by atoms with E-state index in [0.717, 1.165) is 18.7 Å². The molecule has 0 spiro atoms. The Balaban J connectivity index is 1.49. The minimum atomic E-state index is -0.645. The molecule has 1 unspecified atom stereocenters. The van der Waals surface area contributed by atoms with Crippen molar-refractivity contribution in [2.75, 3.05) is 26.3 Å². The van der Waals surface area contributed by atoms with Gasteiger partial charge in [-0.25, -0.2) is 9.18 Å². The van der Waals surface area contributed by atoms with Crippen LogP contribution in [0.1, 0.15) is 56.0 Å². The molecule has 3 heterocycles. The average molecular weight is 472 g/mol. The van der Waals surface area contributed by atoms with Gasteiger partial charge in [-0.1, -0.05) is 6.07 Å². The van der Waals surface area contributed by atoms with E-state index in [4.69, 9.17) is 4.74 Å². The molecule has 182 valence electrons. The van der Waals surface area contributed by atoms with Gasteiger partial charge in [0.15, 0.2) is 0 Å². The number of azo groups is 1. The van der Waals surface area contributed by atoms with Gasteiger partial charge in [0, 0.05) is 37.3 Å². The van der Waals surface area contributed by atoms with E-state index in [-0.39, 0.29) is 24.2 Å². The Bertz CT molecular complexity index is 1060. The summed E-state index contributed by atoms with van der Waals surface area (Å²) in [7, 11) is 0. The Morgan fingerprint density at radius 1 is 1.21 bits per heavy atom. The number of halogens is 1. The monoisotopic (exact) mass is 471 g/mol. The third-order valence-corrected chi connectivity index (χ3v) is 5.95. The Morgan fingerprint density at radius 2 is 1.97 bits per heavy atom. The van der Waals surface area contributed by atoms with Gasteiger partial charge in [0.2, 0.25) is 0 Å². The summed E-state index contributed by atoms with van der Waals surface area (Å²) in [5.74, 6) is -1.42. The summed E-state index contributed by atoms with van der Waals surface area (Å²) in [6.45, 7) is 7.02. The zero-order valence-electron chi connectivity index (χ0n) is 19.8. The summed E-state index contributed by atoms with van der Waals surface area (Å²) in [5, 5.41) is 11.2. The maximum atomic E-state index is 14.7. The Labute approximate surface area is 198 Å². The Morgan fingerprint density at radius 3 is 2.74 bits per heavy atom. The lowest BCUT2D eigenvalue weighted by atomic mass is 9.93. The fourth-order valence-corrected chi connectivity index (χ4v) is 4.35. The molecule has 4 rings (SSSR count). The lowest BCUT2D eigenvalue weighted by molar-refractivity contribution is -0.115. The molecule has 1 N–H and O–H groups in total. The molecular weight excluding hydrogens is 441 g/mol. The number of carbonyl (C=O) groups is 3. The third-order valence-electron chi connectivity index (χ3n) is 5.95. The summed E-state index contributed by atoms with van der Waals surface area (Å²) < 4.78 is 20.1. The van der Waals surface area contributed by atoms with Crippen LogP contribution in [0.3, 0.4) is 0 Å². The molecule has 0 saturated carbocycles. The fourth-order valence-electron chi connectivity index (χ4n) is 4.35. The summed E-state index contributed by atoms with van der Waals surface area (Å²) in [4.78, 5) is 40.6. The van der Waals surface area contributed by atoms with Crippen molar-refractivity contribution in [3.05, 3.63) is 46.4 Å².